The van der Waals surface area contributed by atoms with E-state index in [2.05, 4.69) is 43.3 Å². The summed E-state index contributed by atoms with van der Waals surface area (Å²) in [5.74, 6) is 1.06. The van der Waals surface area contributed by atoms with E-state index in [4.69, 9.17) is 9.47 Å². The zero-order chi connectivity index (χ0) is 19.8. The summed E-state index contributed by atoms with van der Waals surface area (Å²) in [5, 5.41) is 7.31. The Morgan fingerprint density at radius 3 is 2.39 bits per heavy atom. The second-order valence-electron chi connectivity index (χ2n) is 7.12. The highest BCUT2D eigenvalue weighted by atomic mass is 16.6. The average molecular weight is 377 g/mol. The molecular formula is C22H23N3O3. The number of ether oxygens (including phenoxy) is 2. The van der Waals surface area contributed by atoms with E-state index >= 15 is 0 Å². The number of aryl methyl sites for hydroxylation is 4. The van der Waals surface area contributed by atoms with Gasteiger partial charge in [-0.2, -0.15) is 5.10 Å². The predicted molar refractivity (Wildman–Crippen MR) is 108 cm³/mol. The van der Waals surface area contributed by atoms with Gasteiger partial charge in [0.2, 0.25) is 0 Å². The lowest BCUT2D eigenvalue weighted by Gasteiger charge is -2.18. The van der Waals surface area contributed by atoms with Gasteiger partial charge in [0.05, 0.1) is 5.69 Å². The summed E-state index contributed by atoms with van der Waals surface area (Å²) < 4.78 is 12.8. The molecule has 0 bridgehead atoms. The number of aromatic nitrogens is 2. The van der Waals surface area contributed by atoms with E-state index in [-0.39, 0.29) is 5.91 Å². The first kappa shape index (κ1) is 18.1. The summed E-state index contributed by atoms with van der Waals surface area (Å²) in [6, 6.07) is 11.5. The van der Waals surface area contributed by atoms with Crippen molar-refractivity contribution < 1.29 is 14.3 Å². The van der Waals surface area contributed by atoms with Crippen LogP contribution in [-0.4, -0.2) is 28.9 Å². The first-order valence-corrected chi connectivity index (χ1v) is 9.25. The zero-order valence-corrected chi connectivity index (χ0v) is 16.5. The van der Waals surface area contributed by atoms with Gasteiger partial charge in [0.1, 0.15) is 13.2 Å². The van der Waals surface area contributed by atoms with Gasteiger partial charge in [-0.3, -0.25) is 9.48 Å². The quantitative estimate of drug-likeness (QED) is 0.748. The van der Waals surface area contributed by atoms with Crippen LogP contribution in [0.5, 0.6) is 11.5 Å². The lowest BCUT2D eigenvalue weighted by Crippen LogP contribution is -2.16. The number of hydrogen-bond acceptors (Lipinski definition) is 4. The number of benzene rings is 2. The monoisotopic (exact) mass is 377 g/mol. The van der Waals surface area contributed by atoms with Crippen LogP contribution >= 0.6 is 0 Å². The van der Waals surface area contributed by atoms with Crippen molar-refractivity contribution in [1.82, 2.24) is 9.78 Å². The number of carbonyl (C=O) groups excluding carboxylic acids is 1. The van der Waals surface area contributed by atoms with Crippen molar-refractivity contribution in [1.29, 1.82) is 0 Å². The molecule has 2 aromatic carbocycles. The maximum atomic E-state index is 12.7. The normalized spacial score (nSPS) is 12.7. The second-order valence-corrected chi connectivity index (χ2v) is 7.12. The van der Waals surface area contributed by atoms with Crippen LogP contribution in [0.25, 0.3) is 11.3 Å². The highest BCUT2D eigenvalue weighted by molar-refractivity contribution is 6.03. The van der Waals surface area contributed by atoms with E-state index in [1.54, 1.807) is 22.9 Å². The van der Waals surface area contributed by atoms with Crippen LogP contribution in [0, 0.1) is 20.8 Å². The number of anilines is 1. The average Bonchev–Trinajstić information content (AvgIpc) is 3.02. The van der Waals surface area contributed by atoms with Gasteiger partial charge in [0.15, 0.2) is 17.2 Å². The third-order valence-corrected chi connectivity index (χ3v) is 4.85. The van der Waals surface area contributed by atoms with E-state index < -0.39 is 0 Å². The lowest BCUT2D eigenvalue weighted by atomic mass is 9.97. The Bertz CT molecular complexity index is 1050. The minimum atomic E-state index is -0.263. The predicted octanol–water partition coefficient (Wildman–Crippen LogP) is 4.04. The van der Waals surface area contributed by atoms with Gasteiger partial charge in [-0.05, 0) is 50.1 Å². The first-order valence-electron chi connectivity index (χ1n) is 9.25. The fraction of sp³-hybridized carbons (Fsp3) is 0.273. The number of carbonyl (C=O) groups is 1. The number of fused-ring (bicyclic) bond motifs is 1. The lowest BCUT2D eigenvalue weighted by molar-refractivity contribution is 0.102. The van der Waals surface area contributed by atoms with Crippen molar-refractivity contribution in [2.45, 2.75) is 20.8 Å². The number of amides is 1. The van der Waals surface area contributed by atoms with Crippen LogP contribution in [0.15, 0.2) is 36.4 Å². The molecule has 28 heavy (non-hydrogen) atoms. The van der Waals surface area contributed by atoms with Crippen LogP contribution in [0.1, 0.15) is 27.2 Å². The third-order valence-electron chi connectivity index (χ3n) is 4.85. The van der Waals surface area contributed by atoms with E-state index in [0.29, 0.717) is 36.1 Å². The molecule has 6 nitrogen and oxygen atoms in total. The van der Waals surface area contributed by atoms with Gasteiger partial charge >= 0.3 is 0 Å². The summed E-state index contributed by atoms with van der Waals surface area (Å²) in [6.45, 7) is 7.28. The van der Waals surface area contributed by atoms with Gasteiger partial charge in [0.25, 0.3) is 5.91 Å². The molecule has 1 N–H and O–H groups in total. The SMILES string of the molecule is Cc1cc(C)c(-c2cc(C(=O)Nc3ccc4c(c3)OCCO4)nn2C)c(C)c1. The summed E-state index contributed by atoms with van der Waals surface area (Å²) in [7, 11) is 1.86. The second kappa shape index (κ2) is 7.03. The van der Waals surface area contributed by atoms with Gasteiger partial charge in [-0.15, -0.1) is 0 Å². The Morgan fingerprint density at radius 1 is 1.00 bits per heavy atom. The summed E-state index contributed by atoms with van der Waals surface area (Å²) in [5.41, 5.74) is 6.59. The molecule has 3 aromatic rings. The molecule has 6 heteroatoms. The van der Waals surface area contributed by atoms with Crippen molar-refractivity contribution in [3.8, 4) is 22.8 Å². The largest absolute Gasteiger partial charge is 0.486 e. The van der Waals surface area contributed by atoms with Gasteiger partial charge in [0, 0.05) is 24.4 Å². The molecule has 1 amide bonds. The molecule has 0 radical (unpaired) electrons. The molecule has 0 unspecified atom stereocenters. The third kappa shape index (κ3) is 3.33. The molecule has 144 valence electrons. The van der Waals surface area contributed by atoms with Crippen LogP contribution in [0.4, 0.5) is 5.69 Å². The maximum Gasteiger partial charge on any atom is 0.276 e. The molecule has 2 heterocycles. The van der Waals surface area contributed by atoms with E-state index in [0.717, 1.165) is 11.3 Å². The summed E-state index contributed by atoms with van der Waals surface area (Å²) >= 11 is 0. The molecule has 0 saturated carbocycles. The molecule has 0 spiro atoms. The van der Waals surface area contributed by atoms with Crippen LogP contribution in [-0.2, 0) is 7.05 Å². The topological polar surface area (TPSA) is 65.4 Å². The van der Waals surface area contributed by atoms with Crippen molar-refractivity contribution >= 4 is 11.6 Å². The number of nitrogens with zero attached hydrogens (tertiary/aromatic N) is 2. The first-order chi connectivity index (χ1) is 13.4. The molecule has 0 aliphatic carbocycles. The molecule has 1 aliphatic heterocycles. The van der Waals surface area contributed by atoms with Crippen molar-refractivity contribution in [3.63, 3.8) is 0 Å². The molecule has 0 saturated heterocycles. The zero-order valence-electron chi connectivity index (χ0n) is 16.5. The van der Waals surface area contributed by atoms with Gasteiger partial charge < -0.3 is 14.8 Å². The summed E-state index contributed by atoms with van der Waals surface area (Å²) in [6.07, 6.45) is 0. The smallest absolute Gasteiger partial charge is 0.276 e. The van der Waals surface area contributed by atoms with Crippen molar-refractivity contribution in [2.24, 2.45) is 7.05 Å². The highest BCUT2D eigenvalue weighted by Gasteiger charge is 2.18. The molecule has 1 aliphatic rings. The number of rotatable bonds is 3. The molecule has 4 rings (SSSR count). The van der Waals surface area contributed by atoms with Gasteiger partial charge in [-0.25, -0.2) is 0 Å². The van der Waals surface area contributed by atoms with E-state index in [1.807, 2.05) is 13.1 Å². The molecule has 0 atom stereocenters. The molecular weight excluding hydrogens is 354 g/mol. The Hall–Kier alpha value is -3.28. The van der Waals surface area contributed by atoms with E-state index in [1.165, 1.54) is 16.7 Å². The Kier molecular flexibility index (Phi) is 4.55. The maximum absolute atomic E-state index is 12.7. The Labute approximate surface area is 164 Å². The minimum Gasteiger partial charge on any atom is -0.486 e. The van der Waals surface area contributed by atoms with Gasteiger partial charge in [-0.1, -0.05) is 17.7 Å². The Morgan fingerprint density at radius 2 is 1.68 bits per heavy atom. The summed E-state index contributed by atoms with van der Waals surface area (Å²) in [4.78, 5) is 12.7. The Balaban J connectivity index is 1.61. The number of nitrogens with one attached hydrogen (secondary N) is 1. The van der Waals surface area contributed by atoms with E-state index in [9.17, 15) is 4.79 Å². The molecule has 0 fully saturated rings. The number of hydrogen-bond donors (Lipinski definition) is 1. The molecule has 1 aromatic heterocycles. The minimum absolute atomic E-state index is 0.263. The standard InChI is InChI=1S/C22H23N3O3/c1-13-9-14(2)21(15(3)10-13)18-12-17(24-25(18)4)22(26)23-16-5-6-19-20(11-16)28-8-7-27-19/h5-6,9-12H,7-8H2,1-4H3,(H,23,26). The fourth-order valence-corrected chi connectivity index (χ4v) is 3.71. The van der Waals surface area contributed by atoms with Crippen LogP contribution < -0.4 is 14.8 Å². The van der Waals surface area contributed by atoms with Crippen LogP contribution in [0.2, 0.25) is 0 Å². The fourth-order valence-electron chi connectivity index (χ4n) is 3.71. The van der Waals surface area contributed by atoms with Crippen molar-refractivity contribution in [2.75, 3.05) is 18.5 Å². The van der Waals surface area contributed by atoms with Crippen LogP contribution in [0.3, 0.4) is 0 Å². The highest BCUT2D eigenvalue weighted by Crippen LogP contribution is 2.33. The van der Waals surface area contributed by atoms with Crippen molar-refractivity contribution in [3.05, 3.63) is 58.8 Å².